The summed E-state index contributed by atoms with van der Waals surface area (Å²) < 4.78 is 42.3. The first kappa shape index (κ1) is 19.5. The Kier molecular flexibility index (Phi) is 5.05. The number of hydrogen-bond acceptors (Lipinski definition) is 3. The second-order valence-corrected chi connectivity index (χ2v) is 9.87. The highest BCUT2D eigenvalue weighted by Crippen LogP contribution is 2.41. The van der Waals surface area contributed by atoms with Gasteiger partial charge in [0.2, 0.25) is 15.9 Å². The lowest BCUT2D eigenvalue weighted by molar-refractivity contribution is -0.116. The van der Waals surface area contributed by atoms with Gasteiger partial charge in [-0.05, 0) is 70.6 Å². The number of sulfonamides is 1. The van der Waals surface area contributed by atoms with E-state index in [1.54, 1.807) is 29.2 Å². The van der Waals surface area contributed by atoms with Crippen molar-refractivity contribution in [2.24, 2.45) is 0 Å². The van der Waals surface area contributed by atoms with E-state index in [0.717, 1.165) is 17.5 Å². The number of carbonyl (C=O) groups excluding carboxylic acids is 1. The molecular weight excluding hydrogens is 447 g/mol. The molecule has 0 bridgehead atoms. The zero-order valence-corrected chi connectivity index (χ0v) is 17.8. The van der Waals surface area contributed by atoms with Crippen molar-refractivity contribution >= 4 is 37.5 Å². The van der Waals surface area contributed by atoms with Gasteiger partial charge in [-0.3, -0.25) is 4.79 Å². The van der Waals surface area contributed by atoms with E-state index in [0.29, 0.717) is 36.1 Å². The van der Waals surface area contributed by atoms with Crippen molar-refractivity contribution in [1.82, 2.24) is 4.31 Å². The number of hydrogen-bond donors (Lipinski definition) is 0. The molecule has 0 N–H and O–H groups in total. The lowest BCUT2D eigenvalue weighted by Gasteiger charge is -2.26. The van der Waals surface area contributed by atoms with E-state index in [9.17, 15) is 17.6 Å². The van der Waals surface area contributed by atoms with Crippen LogP contribution in [0.5, 0.6) is 0 Å². The average molecular weight is 467 g/mol. The van der Waals surface area contributed by atoms with Crippen molar-refractivity contribution in [1.29, 1.82) is 0 Å². The van der Waals surface area contributed by atoms with Crippen LogP contribution in [0.1, 0.15) is 36.9 Å². The first-order valence-corrected chi connectivity index (χ1v) is 11.4. The summed E-state index contributed by atoms with van der Waals surface area (Å²) >= 11 is 3.42. The molecule has 5 nitrogen and oxygen atoms in total. The molecule has 148 valence electrons. The van der Waals surface area contributed by atoms with Gasteiger partial charge in [0.1, 0.15) is 5.82 Å². The largest absolute Gasteiger partial charge is 0.312 e. The summed E-state index contributed by atoms with van der Waals surface area (Å²) in [6.07, 6.45) is 2.13. The molecule has 1 fully saturated rings. The van der Waals surface area contributed by atoms with Crippen LogP contribution in [0.15, 0.2) is 45.8 Å². The summed E-state index contributed by atoms with van der Waals surface area (Å²) in [4.78, 5) is 13.7. The maximum absolute atomic E-state index is 13.5. The first-order chi connectivity index (χ1) is 13.3. The van der Waals surface area contributed by atoms with Crippen molar-refractivity contribution < 1.29 is 17.6 Å². The van der Waals surface area contributed by atoms with Gasteiger partial charge in [0.15, 0.2) is 0 Å². The van der Waals surface area contributed by atoms with E-state index in [1.165, 1.54) is 23.4 Å². The van der Waals surface area contributed by atoms with Gasteiger partial charge in [0.25, 0.3) is 0 Å². The molecule has 1 atom stereocenters. The predicted molar refractivity (Wildman–Crippen MR) is 108 cm³/mol. The van der Waals surface area contributed by atoms with Crippen LogP contribution in [0, 0.1) is 5.82 Å². The van der Waals surface area contributed by atoms with E-state index in [4.69, 9.17) is 0 Å². The standard InChI is InChI=1S/C20H20BrFN2O3S/c1-13(25)23-10-8-15-11-17(21)20(12-19(15)23)28(26,27)24-9-2-3-18(24)14-4-6-16(22)7-5-14/h4-7,11-12,18H,2-3,8-10H2,1H3/t18-/m1/s1. The van der Waals surface area contributed by atoms with Gasteiger partial charge < -0.3 is 4.90 Å². The van der Waals surface area contributed by atoms with Gasteiger partial charge in [-0.1, -0.05) is 12.1 Å². The molecular formula is C20H20BrFN2O3S. The van der Waals surface area contributed by atoms with Gasteiger partial charge in [-0.15, -0.1) is 0 Å². The van der Waals surface area contributed by atoms with Crippen LogP contribution in [-0.4, -0.2) is 31.7 Å². The number of anilines is 1. The molecule has 0 saturated carbocycles. The van der Waals surface area contributed by atoms with E-state index < -0.39 is 10.0 Å². The van der Waals surface area contributed by atoms with Gasteiger partial charge in [-0.2, -0.15) is 4.31 Å². The smallest absolute Gasteiger partial charge is 0.244 e. The molecule has 0 aliphatic carbocycles. The lowest BCUT2D eigenvalue weighted by Crippen LogP contribution is -2.31. The number of carbonyl (C=O) groups is 1. The minimum Gasteiger partial charge on any atom is -0.312 e. The molecule has 4 rings (SSSR count). The van der Waals surface area contributed by atoms with Crippen LogP contribution in [0.2, 0.25) is 0 Å². The SMILES string of the molecule is CC(=O)N1CCc2cc(Br)c(S(=O)(=O)N3CCC[C@@H]3c3ccc(F)cc3)cc21. The van der Waals surface area contributed by atoms with Gasteiger partial charge in [0, 0.05) is 30.2 Å². The Balaban J connectivity index is 1.75. The third kappa shape index (κ3) is 3.27. The fraction of sp³-hybridized carbons (Fsp3) is 0.350. The molecule has 8 heteroatoms. The van der Waals surface area contributed by atoms with Crippen LogP contribution in [0.3, 0.4) is 0 Å². The summed E-state index contributed by atoms with van der Waals surface area (Å²) in [7, 11) is -3.79. The van der Waals surface area contributed by atoms with Crippen molar-refractivity contribution in [2.75, 3.05) is 18.0 Å². The Morgan fingerprint density at radius 1 is 1.18 bits per heavy atom. The van der Waals surface area contributed by atoms with E-state index in [2.05, 4.69) is 15.9 Å². The summed E-state index contributed by atoms with van der Waals surface area (Å²) in [6, 6.07) is 9.07. The maximum Gasteiger partial charge on any atom is 0.244 e. The van der Waals surface area contributed by atoms with Crippen LogP contribution in [0.25, 0.3) is 0 Å². The molecule has 0 unspecified atom stereocenters. The Labute approximate surface area is 172 Å². The number of fused-ring (bicyclic) bond motifs is 1. The first-order valence-electron chi connectivity index (χ1n) is 9.17. The van der Waals surface area contributed by atoms with E-state index in [1.807, 2.05) is 0 Å². The minimum absolute atomic E-state index is 0.102. The van der Waals surface area contributed by atoms with E-state index in [-0.39, 0.29) is 22.7 Å². The molecule has 0 spiro atoms. The summed E-state index contributed by atoms with van der Waals surface area (Å²) in [5, 5.41) is 0. The van der Waals surface area contributed by atoms with E-state index >= 15 is 0 Å². The number of amides is 1. The molecule has 1 saturated heterocycles. The van der Waals surface area contributed by atoms with Crippen molar-refractivity contribution in [3.63, 3.8) is 0 Å². The quantitative estimate of drug-likeness (QED) is 0.685. The highest BCUT2D eigenvalue weighted by Gasteiger charge is 2.38. The molecule has 2 heterocycles. The van der Waals surface area contributed by atoms with Gasteiger partial charge >= 0.3 is 0 Å². The van der Waals surface area contributed by atoms with Crippen LogP contribution >= 0.6 is 15.9 Å². The Bertz CT molecular complexity index is 1040. The Morgan fingerprint density at radius 3 is 2.57 bits per heavy atom. The molecule has 2 aromatic rings. The fourth-order valence-corrected chi connectivity index (χ4v) is 6.84. The second kappa shape index (κ2) is 7.24. The zero-order valence-electron chi connectivity index (χ0n) is 15.4. The zero-order chi connectivity index (χ0) is 20.1. The molecule has 2 aromatic carbocycles. The third-order valence-electron chi connectivity index (χ3n) is 5.45. The monoisotopic (exact) mass is 466 g/mol. The van der Waals surface area contributed by atoms with Crippen LogP contribution in [-0.2, 0) is 21.2 Å². The highest BCUT2D eigenvalue weighted by molar-refractivity contribution is 9.10. The third-order valence-corrected chi connectivity index (χ3v) is 8.32. The van der Waals surface area contributed by atoms with Crippen LogP contribution in [0.4, 0.5) is 10.1 Å². The second-order valence-electron chi connectivity index (χ2n) is 7.16. The summed E-state index contributed by atoms with van der Waals surface area (Å²) in [5.41, 5.74) is 2.40. The normalized spacial score (nSPS) is 19.8. The molecule has 0 aromatic heterocycles. The number of rotatable bonds is 3. The molecule has 28 heavy (non-hydrogen) atoms. The van der Waals surface area contributed by atoms with Crippen molar-refractivity contribution in [2.45, 2.75) is 37.1 Å². The van der Waals surface area contributed by atoms with Crippen molar-refractivity contribution in [3.8, 4) is 0 Å². The van der Waals surface area contributed by atoms with Crippen molar-refractivity contribution in [3.05, 3.63) is 57.8 Å². The predicted octanol–water partition coefficient (Wildman–Crippen LogP) is 4.02. The van der Waals surface area contributed by atoms with Gasteiger partial charge in [0.05, 0.1) is 10.9 Å². The topological polar surface area (TPSA) is 57.7 Å². The average Bonchev–Trinajstić information content (AvgIpc) is 3.28. The Hall–Kier alpha value is -1.77. The number of nitrogens with zero attached hydrogens (tertiary/aromatic N) is 2. The molecule has 0 radical (unpaired) electrons. The number of benzene rings is 2. The number of halogens is 2. The lowest BCUT2D eigenvalue weighted by atomic mass is 10.1. The fourth-order valence-electron chi connectivity index (χ4n) is 4.08. The maximum atomic E-state index is 13.5. The van der Waals surface area contributed by atoms with Crippen LogP contribution < -0.4 is 4.90 Å². The summed E-state index contributed by atoms with van der Waals surface area (Å²) in [5.74, 6) is -0.448. The summed E-state index contributed by atoms with van der Waals surface area (Å²) in [6.45, 7) is 2.45. The molecule has 2 aliphatic heterocycles. The van der Waals surface area contributed by atoms with Gasteiger partial charge in [-0.25, -0.2) is 12.8 Å². The molecule has 1 amide bonds. The molecule has 2 aliphatic rings. The highest BCUT2D eigenvalue weighted by atomic mass is 79.9. The minimum atomic E-state index is -3.79. The Morgan fingerprint density at radius 2 is 1.89 bits per heavy atom.